The molecule has 0 bridgehead atoms. The second-order valence-electron chi connectivity index (χ2n) is 10.4. The van der Waals surface area contributed by atoms with Crippen LogP contribution in [0, 0.1) is 11.3 Å². The minimum absolute atomic E-state index is 0.134. The van der Waals surface area contributed by atoms with E-state index in [4.69, 9.17) is 0 Å². The lowest BCUT2D eigenvalue weighted by molar-refractivity contribution is 0.242. The number of anilines is 2. The Kier molecular flexibility index (Phi) is 10.3. The summed E-state index contributed by atoms with van der Waals surface area (Å²) >= 11 is 0. The zero-order valence-corrected chi connectivity index (χ0v) is 25.2. The molecular formula is C32H34N12O. The number of carbonyl (C=O) groups excluding carboxylic acids is 1. The van der Waals surface area contributed by atoms with Crippen molar-refractivity contribution < 1.29 is 4.79 Å². The fraction of sp³-hybridized carbons (Fsp3) is 0.281. The van der Waals surface area contributed by atoms with Crippen LogP contribution in [0.1, 0.15) is 43.7 Å². The van der Waals surface area contributed by atoms with Crippen LogP contribution >= 0.6 is 0 Å². The van der Waals surface area contributed by atoms with Gasteiger partial charge in [0.2, 0.25) is 5.95 Å². The predicted octanol–water partition coefficient (Wildman–Crippen LogP) is 4.77. The molecule has 0 saturated heterocycles. The highest BCUT2D eigenvalue weighted by Gasteiger charge is 2.26. The molecule has 0 aliphatic rings. The number of aromatic nitrogens is 8. The Bertz CT molecular complexity index is 1720. The summed E-state index contributed by atoms with van der Waals surface area (Å²) in [6.45, 7) is 3.05. The Morgan fingerprint density at radius 2 is 1.84 bits per heavy atom. The van der Waals surface area contributed by atoms with E-state index in [1.807, 2.05) is 55.7 Å². The molecule has 45 heavy (non-hydrogen) atoms. The Hall–Kier alpha value is -5.77. The molecule has 5 rings (SSSR count). The number of benzene rings is 1. The van der Waals surface area contributed by atoms with Crippen LogP contribution in [-0.2, 0) is 13.6 Å². The minimum Gasteiger partial charge on any atom is -0.354 e. The summed E-state index contributed by atoms with van der Waals surface area (Å²) in [7, 11) is 1.85. The van der Waals surface area contributed by atoms with Crippen molar-refractivity contribution >= 4 is 17.8 Å². The minimum atomic E-state index is -0.237. The van der Waals surface area contributed by atoms with Crippen molar-refractivity contribution in [3.8, 4) is 28.6 Å². The summed E-state index contributed by atoms with van der Waals surface area (Å²) in [5.74, 6) is 0.874. The maximum absolute atomic E-state index is 13.7. The van der Waals surface area contributed by atoms with E-state index in [-0.39, 0.29) is 12.1 Å². The SMILES string of the molecule is CCC[C@@H](CCCNc1ncc(C#N)c(-c2cncnc2)n1)N(C(=O)NCc1ccccc1)c1ccc(-c2cnn(C)c2)nn1. The van der Waals surface area contributed by atoms with Crippen molar-refractivity contribution in [1.82, 2.24) is 45.2 Å². The molecular weight excluding hydrogens is 568 g/mol. The monoisotopic (exact) mass is 602 g/mol. The van der Waals surface area contributed by atoms with Gasteiger partial charge in [-0.25, -0.2) is 24.7 Å². The van der Waals surface area contributed by atoms with Crippen LogP contribution in [-0.4, -0.2) is 58.5 Å². The molecule has 0 fully saturated rings. The zero-order chi connectivity index (χ0) is 31.4. The van der Waals surface area contributed by atoms with Crippen LogP contribution in [0.2, 0.25) is 0 Å². The van der Waals surface area contributed by atoms with Crippen LogP contribution in [0.4, 0.5) is 16.6 Å². The van der Waals surface area contributed by atoms with E-state index in [1.165, 1.54) is 12.5 Å². The average molecular weight is 603 g/mol. The van der Waals surface area contributed by atoms with E-state index in [9.17, 15) is 10.1 Å². The van der Waals surface area contributed by atoms with Crippen molar-refractivity contribution in [3.05, 3.63) is 90.9 Å². The fourth-order valence-electron chi connectivity index (χ4n) is 4.94. The standard InChI is InChI=1S/C32H34N12O/c1-3-8-27(11-7-14-36-31-37-19-24(15-33)30(40-31)25-17-34-22-35-18-25)44(32(45)38-16-23-9-5-4-6-10-23)29-13-12-28(41-42-29)26-20-39-43(2)21-26/h4-6,9-10,12-13,17-22,27H,3,7-8,11,14,16H2,1-2H3,(H,38,45)(H,36,37,40)/t27-/m0/s1. The molecule has 2 amide bonds. The summed E-state index contributed by atoms with van der Waals surface area (Å²) in [6.07, 6.45) is 12.8. The topological polar surface area (TPSA) is 163 Å². The molecule has 1 aromatic carbocycles. The smallest absolute Gasteiger partial charge is 0.323 e. The van der Waals surface area contributed by atoms with E-state index in [0.717, 1.165) is 30.4 Å². The lowest BCUT2D eigenvalue weighted by Gasteiger charge is -2.31. The molecule has 4 aromatic heterocycles. The molecule has 5 aromatic rings. The maximum atomic E-state index is 13.7. The molecule has 1 atom stereocenters. The van der Waals surface area contributed by atoms with E-state index >= 15 is 0 Å². The van der Waals surface area contributed by atoms with Gasteiger partial charge in [0.05, 0.1) is 29.3 Å². The molecule has 0 unspecified atom stereocenters. The van der Waals surface area contributed by atoms with Crippen LogP contribution in [0.25, 0.3) is 22.5 Å². The molecule has 13 heteroatoms. The fourth-order valence-corrected chi connectivity index (χ4v) is 4.94. The summed E-state index contributed by atoms with van der Waals surface area (Å²) in [5.41, 5.74) is 3.97. The number of nitriles is 1. The lowest BCUT2D eigenvalue weighted by atomic mass is 10.0. The van der Waals surface area contributed by atoms with Gasteiger partial charge in [-0.05, 0) is 37.0 Å². The number of hydrogen-bond donors (Lipinski definition) is 2. The van der Waals surface area contributed by atoms with Gasteiger partial charge in [-0.3, -0.25) is 9.58 Å². The van der Waals surface area contributed by atoms with E-state index in [1.54, 1.807) is 28.2 Å². The number of nitrogens with zero attached hydrogens (tertiary/aromatic N) is 10. The molecule has 0 aliphatic carbocycles. The number of hydrogen-bond acceptors (Lipinski definition) is 10. The third kappa shape index (κ3) is 7.99. The molecule has 4 heterocycles. The highest BCUT2D eigenvalue weighted by molar-refractivity contribution is 5.91. The largest absolute Gasteiger partial charge is 0.354 e. The summed E-state index contributed by atoms with van der Waals surface area (Å²) in [5, 5.41) is 29.0. The van der Waals surface area contributed by atoms with E-state index < -0.39 is 0 Å². The van der Waals surface area contributed by atoms with E-state index in [0.29, 0.717) is 53.8 Å². The predicted molar refractivity (Wildman–Crippen MR) is 170 cm³/mol. The van der Waals surface area contributed by atoms with Gasteiger partial charge in [0.25, 0.3) is 0 Å². The summed E-state index contributed by atoms with van der Waals surface area (Å²) < 4.78 is 1.71. The average Bonchev–Trinajstić information content (AvgIpc) is 3.53. The van der Waals surface area contributed by atoms with Gasteiger partial charge in [0.15, 0.2) is 5.82 Å². The number of carbonyl (C=O) groups is 1. The van der Waals surface area contributed by atoms with Crippen LogP contribution in [0.3, 0.4) is 0 Å². The normalized spacial score (nSPS) is 11.4. The molecule has 2 N–H and O–H groups in total. The molecule has 0 saturated carbocycles. The number of urea groups is 1. The van der Waals surface area contributed by atoms with Crippen molar-refractivity contribution in [2.75, 3.05) is 16.8 Å². The Labute approximate surface area is 261 Å². The number of aryl methyl sites for hydroxylation is 1. The first-order valence-corrected chi connectivity index (χ1v) is 14.8. The molecule has 228 valence electrons. The Balaban J connectivity index is 1.30. The van der Waals surface area contributed by atoms with Crippen molar-refractivity contribution in [3.63, 3.8) is 0 Å². The molecule has 0 aliphatic heterocycles. The maximum Gasteiger partial charge on any atom is 0.323 e. The Morgan fingerprint density at radius 1 is 1.02 bits per heavy atom. The summed E-state index contributed by atoms with van der Waals surface area (Å²) in [6, 6.07) is 15.2. The van der Waals surface area contributed by atoms with Gasteiger partial charge in [0, 0.05) is 55.9 Å². The third-order valence-electron chi connectivity index (χ3n) is 7.13. The number of amides is 2. The van der Waals surface area contributed by atoms with Crippen LogP contribution in [0.15, 0.2) is 79.8 Å². The first-order chi connectivity index (χ1) is 22.1. The van der Waals surface area contributed by atoms with Crippen LogP contribution < -0.4 is 15.5 Å². The molecule has 0 radical (unpaired) electrons. The van der Waals surface area contributed by atoms with Gasteiger partial charge in [0.1, 0.15) is 12.4 Å². The highest BCUT2D eigenvalue weighted by atomic mass is 16.2. The first-order valence-electron chi connectivity index (χ1n) is 14.8. The van der Waals surface area contributed by atoms with Crippen molar-refractivity contribution in [2.24, 2.45) is 7.05 Å². The van der Waals surface area contributed by atoms with Gasteiger partial charge < -0.3 is 10.6 Å². The van der Waals surface area contributed by atoms with Crippen molar-refractivity contribution in [2.45, 2.75) is 45.2 Å². The number of nitrogens with one attached hydrogen (secondary N) is 2. The van der Waals surface area contributed by atoms with Crippen molar-refractivity contribution in [1.29, 1.82) is 5.26 Å². The summed E-state index contributed by atoms with van der Waals surface area (Å²) in [4.78, 5) is 32.4. The van der Waals surface area contributed by atoms with Gasteiger partial charge in [-0.15, -0.1) is 10.2 Å². The molecule has 13 nitrogen and oxygen atoms in total. The van der Waals surface area contributed by atoms with E-state index in [2.05, 4.69) is 58.9 Å². The van der Waals surface area contributed by atoms with Gasteiger partial charge in [-0.2, -0.15) is 10.4 Å². The van der Waals surface area contributed by atoms with Gasteiger partial charge in [-0.1, -0.05) is 43.7 Å². The third-order valence-corrected chi connectivity index (χ3v) is 7.13. The molecule has 0 spiro atoms. The van der Waals surface area contributed by atoms with Crippen LogP contribution in [0.5, 0.6) is 0 Å². The lowest BCUT2D eigenvalue weighted by Crippen LogP contribution is -2.47. The quantitative estimate of drug-likeness (QED) is 0.179. The Morgan fingerprint density at radius 3 is 2.53 bits per heavy atom. The van der Waals surface area contributed by atoms with Gasteiger partial charge >= 0.3 is 6.03 Å². The zero-order valence-electron chi connectivity index (χ0n) is 25.2. The second kappa shape index (κ2) is 15.1. The number of rotatable bonds is 13. The second-order valence-corrected chi connectivity index (χ2v) is 10.4. The highest BCUT2D eigenvalue weighted by Crippen LogP contribution is 2.24. The first kappa shape index (κ1) is 30.7.